The van der Waals surface area contributed by atoms with Crippen LogP contribution in [0.3, 0.4) is 0 Å². The largest absolute Gasteiger partial charge is 0.446 e. The summed E-state index contributed by atoms with van der Waals surface area (Å²) in [5.41, 5.74) is 4.46. The van der Waals surface area contributed by atoms with Crippen LogP contribution in [0.5, 0.6) is 0 Å². The molecule has 6 heteroatoms. The van der Waals surface area contributed by atoms with Crippen molar-refractivity contribution in [1.29, 1.82) is 0 Å². The number of ether oxygens (including phenoxy) is 2. The Morgan fingerprint density at radius 2 is 1.75 bits per heavy atom. The summed E-state index contributed by atoms with van der Waals surface area (Å²) in [6, 6.07) is 13.7. The van der Waals surface area contributed by atoms with Gasteiger partial charge in [0.05, 0.1) is 11.4 Å². The van der Waals surface area contributed by atoms with Gasteiger partial charge in [0, 0.05) is 12.3 Å². The van der Waals surface area contributed by atoms with Crippen molar-refractivity contribution < 1.29 is 19.1 Å². The molecule has 1 aliphatic heterocycles. The first kappa shape index (κ1) is 22.3. The third-order valence-corrected chi connectivity index (χ3v) is 5.97. The van der Waals surface area contributed by atoms with E-state index in [1.807, 2.05) is 36.4 Å². The van der Waals surface area contributed by atoms with Gasteiger partial charge in [0.15, 0.2) is 0 Å². The highest BCUT2D eigenvalue weighted by Crippen LogP contribution is 2.37. The van der Waals surface area contributed by atoms with E-state index >= 15 is 0 Å². The lowest BCUT2D eigenvalue weighted by Crippen LogP contribution is -2.31. The molecule has 2 amide bonds. The first-order valence-electron chi connectivity index (χ1n) is 11.6. The molecular formula is C26H32N2O4. The fraction of sp³-hybridized carbons (Fsp3) is 0.462. The second-order valence-electron chi connectivity index (χ2n) is 9.05. The molecule has 1 heterocycles. The Labute approximate surface area is 189 Å². The monoisotopic (exact) mass is 436 g/mol. The van der Waals surface area contributed by atoms with Crippen LogP contribution in [0.4, 0.5) is 21.9 Å². The maximum Gasteiger partial charge on any atom is 0.411 e. The van der Waals surface area contributed by atoms with Crippen molar-refractivity contribution in [3.05, 3.63) is 53.6 Å². The normalized spacial score (nSPS) is 15.8. The van der Waals surface area contributed by atoms with E-state index in [1.54, 1.807) is 4.90 Å². The number of hydrogen-bond acceptors (Lipinski definition) is 4. The second kappa shape index (κ2) is 10.2. The highest BCUT2D eigenvalue weighted by Gasteiger charge is 2.27. The van der Waals surface area contributed by atoms with E-state index in [0.29, 0.717) is 18.2 Å². The van der Waals surface area contributed by atoms with Gasteiger partial charge < -0.3 is 9.47 Å². The van der Waals surface area contributed by atoms with Gasteiger partial charge in [-0.25, -0.2) is 4.79 Å². The average molecular weight is 437 g/mol. The lowest BCUT2D eigenvalue weighted by atomic mass is 10.0. The van der Waals surface area contributed by atoms with Crippen molar-refractivity contribution in [2.45, 2.75) is 58.5 Å². The summed E-state index contributed by atoms with van der Waals surface area (Å²) in [7, 11) is 0. The third kappa shape index (κ3) is 5.30. The lowest BCUT2D eigenvalue weighted by molar-refractivity contribution is -0.122. The van der Waals surface area contributed by atoms with Crippen molar-refractivity contribution in [2.75, 3.05) is 23.4 Å². The van der Waals surface area contributed by atoms with Crippen molar-refractivity contribution in [3.8, 4) is 0 Å². The third-order valence-electron chi connectivity index (χ3n) is 5.97. The van der Waals surface area contributed by atoms with Crippen LogP contribution in [0.15, 0.2) is 42.5 Å². The van der Waals surface area contributed by atoms with E-state index in [9.17, 15) is 9.59 Å². The van der Waals surface area contributed by atoms with Gasteiger partial charge in [-0.2, -0.15) is 0 Å². The highest BCUT2D eigenvalue weighted by atomic mass is 16.6. The van der Waals surface area contributed by atoms with E-state index < -0.39 is 6.09 Å². The molecule has 0 atom stereocenters. The van der Waals surface area contributed by atoms with Crippen LogP contribution in [0.25, 0.3) is 0 Å². The summed E-state index contributed by atoms with van der Waals surface area (Å²) >= 11 is 0. The van der Waals surface area contributed by atoms with Crippen molar-refractivity contribution in [3.63, 3.8) is 0 Å². The number of para-hydroxylation sites is 1. The maximum absolute atomic E-state index is 13.3. The van der Waals surface area contributed by atoms with Gasteiger partial charge in [0.2, 0.25) is 0 Å². The molecule has 1 aliphatic carbocycles. The average Bonchev–Trinajstić information content (AvgIpc) is 3.20. The molecule has 1 fully saturated rings. The minimum absolute atomic E-state index is 0.00103. The minimum atomic E-state index is -0.441. The molecule has 1 N–H and O–H groups in total. The predicted molar refractivity (Wildman–Crippen MR) is 125 cm³/mol. The molecule has 4 rings (SSSR count). The number of nitrogens with one attached hydrogen (secondary N) is 1. The summed E-state index contributed by atoms with van der Waals surface area (Å²) in [4.78, 5) is 27.4. The zero-order chi connectivity index (χ0) is 22.5. The number of fused-ring (bicyclic) bond motifs is 2. The number of aryl methyl sites for hydroxylation is 2. The molecule has 0 spiro atoms. The Bertz CT molecular complexity index is 966. The molecule has 2 aromatic rings. The quantitative estimate of drug-likeness (QED) is 0.639. The van der Waals surface area contributed by atoms with Crippen molar-refractivity contribution in [2.24, 2.45) is 5.92 Å². The van der Waals surface area contributed by atoms with E-state index in [0.717, 1.165) is 61.0 Å². The topological polar surface area (TPSA) is 67.9 Å². The first-order valence-corrected chi connectivity index (χ1v) is 11.6. The molecule has 32 heavy (non-hydrogen) atoms. The standard InChI is InChI=1S/C26H32N2O4/c1-18(2)16-31-17-25(29)28-23-10-6-3-7-19(23)11-12-20-13-14-21(15-24(20)28)27-26(30)32-22-8-4-5-9-22/h3,6-7,10,13-15,18,22H,4-5,8-9,11-12,16-17H2,1-2H3,(H,27,30). The summed E-state index contributed by atoms with van der Waals surface area (Å²) < 4.78 is 11.2. The van der Waals surface area contributed by atoms with Gasteiger partial charge >= 0.3 is 6.09 Å². The number of nitrogens with zero attached hydrogens (tertiary/aromatic N) is 1. The molecule has 2 aliphatic rings. The molecule has 2 aromatic carbocycles. The summed E-state index contributed by atoms with van der Waals surface area (Å²) in [5, 5.41) is 2.85. The van der Waals surface area contributed by atoms with Gasteiger partial charge in [-0.3, -0.25) is 15.0 Å². The lowest BCUT2D eigenvalue weighted by Gasteiger charge is -2.26. The fourth-order valence-corrected chi connectivity index (χ4v) is 4.42. The Balaban J connectivity index is 1.59. The Kier molecular flexibility index (Phi) is 7.10. The van der Waals surface area contributed by atoms with E-state index in [-0.39, 0.29) is 18.6 Å². The van der Waals surface area contributed by atoms with Crippen LogP contribution in [0, 0.1) is 5.92 Å². The van der Waals surface area contributed by atoms with Crippen LogP contribution >= 0.6 is 0 Å². The number of rotatable bonds is 6. The Morgan fingerprint density at radius 3 is 2.50 bits per heavy atom. The van der Waals surface area contributed by atoms with Gasteiger partial charge in [-0.15, -0.1) is 0 Å². The van der Waals surface area contributed by atoms with E-state index in [2.05, 4.69) is 25.2 Å². The molecule has 0 bridgehead atoms. The summed E-state index contributed by atoms with van der Waals surface area (Å²) in [6.45, 7) is 4.66. The first-order chi connectivity index (χ1) is 15.5. The number of carbonyl (C=O) groups is 2. The number of amides is 2. The number of carbonyl (C=O) groups excluding carboxylic acids is 2. The van der Waals surface area contributed by atoms with Crippen LogP contribution in [-0.2, 0) is 27.1 Å². The molecule has 0 saturated heterocycles. The fourth-order valence-electron chi connectivity index (χ4n) is 4.42. The van der Waals surface area contributed by atoms with E-state index in [1.165, 1.54) is 0 Å². The summed E-state index contributed by atoms with van der Waals surface area (Å²) in [5.74, 6) is 0.236. The molecule has 0 radical (unpaired) electrons. The molecule has 0 unspecified atom stereocenters. The Hall–Kier alpha value is -2.86. The zero-order valence-corrected chi connectivity index (χ0v) is 18.9. The molecule has 1 saturated carbocycles. The highest BCUT2D eigenvalue weighted by molar-refractivity contribution is 6.03. The van der Waals surface area contributed by atoms with Crippen LogP contribution in [0.2, 0.25) is 0 Å². The maximum atomic E-state index is 13.3. The number of benzene rings is 2. The van der Waals surface area contributed by atoms with Crippen LogP contribution in [0.1, 0.15) is 50.7 Å². The number of anilines is 3. The predicted octanol–water partition coefficient (Wildman–Crippen LogP) is 5.61. The zero-order valence-electron chi connectivity index (χ0n) is 18.9. The van der Waals surface area contributed by atoms with Crippen molar-refractivity contribution >= 4 is 29.1 Å². The molecular weight excluding hydrogens is 404 g/mol. The van der Waals surface area contributed by atoms with Gasteiger partial charge in [-0.1, -0.05) is 38.1 Å². The van der Waals surface area contributed by atoms with Gasteiger partial charge in [0.25, 0.3) is 5.91 Å². The number of hydrogen-bond donors (Lipinski definition) is 1. The van der Waals surface area contributed by atoms with E-state index in [4.69, 9.17) is 9.47 Å². The minimum Gasteiger partial charge on any atom is -0.446 e. The summed E-state index contributed by atoms with van der Waals surface area (Å²) in [6.07, 6.45) is 5.27. The SMILES string of the molecule is CC(C)COCC(=O)N1c2ccccc2CCc2ccc(NC(=O)OC3CCCC3)cc21. The van der Waals surface area contributed by atoms with Gasteiger partial charge in [0.1, 0.15) is 12.7 Å². The molecule has 0 aromatic heterocycles. The second-order valence-corrected chi connectivity index (χ2v) is 9.05. The van der Waals surface area contributed by atoms with Crippen LogP contribution in [-0.4, -0.2) is 31.3 Å². The molecule has 6 nitrogen and oxygen atoms in total. The van der Waals surface area contributed by atoms with Gasteiger partial charge in [-0.05, 0) is 73.8 Å². The van der Waals surface area contributed by atoms with Crippen LogP contribution < -0.4 is 10.2 Å². The smallest absolute Gasteiger partial charge is 0.411 e. The molecule has 170 valence electrons. The Morgan fingerprint density at radius 1 is 1.03 bits per heavy atom. The van der Waals surface area contributed by atoms with Crippen molar-refractivity contribution in [1.82, 2.24) is 0 Å².